The number of halogens is 1. The van der Waals surface area contributed by atoms with Crippen molar-refractivity contribution >= 4 is 33.7 Å². The van der Waals surface area contributed by atoms with Gasteiger partial charge >= 0.3 is 11.9 Å². The topological polar surface area (TPSA) is 154 Å². The minimum Gasteiger partial charge on any atom is -0.466 e. The number of methoxy groups -OCH3 is 1. The average molecular weight is 571 g/mol. The highest BCUT2D eigenvalue weighted by Gasteiger charge is 2.39. The smallest absolute Gasteiger partial charge is 0.336 e. The molecule has 0 spiro atoms. The molecule has 1 heterocycles. The summed E-state index contributed by atoms with van der Waals surface area (Å²) >= 11 is 6.40. The highest BCUT2D eigenvalue weighted by Crippen LogP contribution is 2.41. The molecule has 0 bridgehead atoms. The molecule has 3 rings (SSSR count). The van der Waals surface area contributed by atoms with Gasteiger partial charge in [0.1, 0.15) is 0 Å². The van der Waals surface area contributed by atoms with Crippen LogP contribution in [0.2, 0.25) is 5.02 Å². The molecule has 0 saturated heterocycles. The predicted octanol–water partition coefficient (Wildman–Crippen LogP) is 3.20. The Morgan fingerprint density at radius 1 is 1.11 bits per heavy atom. The lowest BCUT2D eigenvalue weighted by Crippen LogP contribution is -2.35. The van der Waals surface area contributed by atoms with Gasteiger partial charge in [0, 0.05) is 20.0 Å². The maximum Gasteiger partial charge on any atom is 0.336 e. The van der Waals surface area contributed by atoms with Gasteiger partial charge in [-0.25, -0.2) is 9.59 Å². The van der Waals surface area contributed by atoms with Crippen LogP contribution >= 0.6 is 11.6 Å². The quantitative estimate of drug-likeness (QED) is 0.302. The molecule has 1 aliphatic rings. The van der Waals surface area contributed by atoms with Gasteiger partial charge in [0.05, 0.1) is 57.3 Å². The monoisotopic (exact) mass is 570 g/mol. The average Bonchev–Trinajstić information content (AvgIpc) is 2.91. The van der Waals surface area contributed by atoms with Crippen molar-refractivity contribution in [1.82, 2.24) is 5.32 Å². The lowest BCUT2D eigenvalue weighted by atomic mass is 9.80. The van der Waals surface area contributed by atoms with Crippen LogP contribution in [-0.4, -0.2) is 58.3 Å². The first kappa shape index (κ1) is 25.1. The number of ether oxygens (including phenoxy) is 3. The highest BCUT2D eigenvalue weighted by molar-refractivity contribution is 7.85. The number of carbonyl (C=O) groups is 2. The first-order valence-electron chi connectivity index (χ1n) is 13.1. The molecule has 1 atom stereocenters. The van der Waals surface area contributed by atoms with Gasteiger partial charge in [0.15, 0.2) is 0 Å². The summed E-state index contributed by atoms with van der Waals surface area (Å²) in [6.07, 6.45) is 0. The van der Waals surface area contributed by atoms with Crippen LogP contribution in [0.4, 0.5) is 0 Å². The number of carbonyl (C=O) groups excluding carboxylic acids is 2. The van der Waals surface area contributed by atoms with E-state index < -0.39 is 47.6 Å². The second-order valence-electron chi connectivity index (χ2n) is 7.55. The number of allylic oxidation sites excluding steroid dienone is 1. The summed E-state index contributed by atoms with van der Waals surface area (Å²) in [5.41, 5.74) is 6.13. The van der Waals surface area contributed by atoms with Crippen LogP contribution in [0, 0.1) is 0 Å². The third-order valence-corrected chi connectivity index (χ3v) is 6.36. The summed E-state index contributed by atoms with van der Waals surface area (Å²) in [5, 5.41) is 3.16. The van der Waals surface area contributed by atoms with Crippen molar-refractivity contribution in [3.8, 4) is 0 Å². The molecule has 1 aliphatic heterocycles. The molecule has 0 saturated carbocycles. The summed E-state index contributed by atoms with van der Waals surface area (Å²) in [7, 11) is -2.80. The van der Waals surface area contributed by atoms with Gasteiger partial charge in [-0.05, 0) is 37.6 Å². The molecule has 1 unspecified atom stereocenters. The third-order valence-electron chi connectivity index (χ3n) is 5.15. The molecule has 4 N–H and O–H groups in total. The predicted molar refractivity (Wildman–Crippen MR) is 142 cm³/mol. The molecule has 38 heavy (non-hydrogen) atoms. The lowest BCUT2D eigenvalue weighted by Gasteiger charge is -2.31. The summed E-state index contributed by atoms with van der Waals surface area (Å²) in [6, 6.07) is 14.0. The molecular formula is C26H31ClN2O8S. The van der Waals surface area contributed by atoms with E-state index in [-0.39, 0.29) is 33.4 Å². The molecule has 206 valence electrons. The Bertz CT molecular complexity index is 1460. The van der Waals surface area contributed by atoms with Crippen molar-refractivity contribution in [3.05, 3.63) is 87.7 Å². The molecule has 0 aliphatic carbocycles. The highest BCUT2D eigenvalue weighted by atomic mass is 35.5. The Morgan fingerprint density at radius 2 is 1.74 bits per heavy atom. The molecule has 12 heteroatoms. The number of nitrogens with one attached hydrogen (secondary N) is 1. The number of rotatable bonds is 9. The fraction of sp³-hybridized carbons (Fsp3) is 0.308. The maximum absolute atomic E-state index is 13.0. The van der Waals surface area contributed by atoms with Crippen LogP contribution in [0.25, 0.3) is 0 Å². The Kier molecular flexibility index (Phi) is 9.67. The summed E-state index contributed by atoms with van der Waals surface area (Å²) in [6.45, 7) is -3.02. The Morgan fingerprint density at radius 3 is 2.26 bits per heavy atom. The van der Waals surface area contributed by atoms with Gasteiger partial charge in [-0.2, -0.15) is 8.42 Å². The number of hydrogen-bond acceptors (Lipinski definition) is 9. The number of benzene rings is 2. The van der Waals surface area contributed by atoms with Crippen molar-refractivity contribution in [2.24, 2.45) is 5.73 Å². The Labute approximate surface area is 232 Å². The first-order chi connectivity index (χ1) is 19.5. The van der Waals surface area contributed by atoms with E-state index in [1.54, 1.807) is 56.3 Å². The third kappa shape index (κ3) is 8.14. The van der Waals surface area contributed by atoms with Crippen molar-refractivity contribution < 1.29 is 42.3 Å². The van der Waals surface area contributed by atoms with E-state index in [1.165, 1.54) is 19.2 Å². The number of hydrogen-bond donors (Lipinski definition) is 3. The molecule has 10 nitrogen and oxygen atoms in total. The van der Waals surface area contributed by atoms with E-state index in [0.717, 1.165) is 0 Å². The number of esters is 2. The summed E-state index contributed by atoms with van der Waals surface area (Å²) < 4.78 is 74.9. The van der Waals surface area contributed by atoms with Crippen LogP contribution in [-0.2, 0) is 33.9 Å². The van der Waals surface area contributed by atoms with E-state index in [1.807, 2.05) is 0 Å². The van der Waals surface area contributed by atoms with E-state index in [0.29, 0.717) is 11.3 Å². The normalized spacial score (nSPS) is 17.6. The molecule has 0 fully saturated rings. The van der Waals surface area contributed by atoms with Crippen molar-refractivity contribution in [2.75, 3.05) is 33.4 Å². The lowest BCUT2D eigenvalue weighted by molar-refractivity contribution is -0.139. The van der Waals surface area contributed by atoms with Gasteiger partial charge in [0.2, 0.25) is 0 Å². The summed E-state index contributed by atoms with van der Waals surface area (Å²) in [4.78, 5) is 25.6. The minimum atomic E-state index is -4.00. The Hall–Kier alpha value is -3.22. The van der Waals surface area contributed by atoms with Gasteiger partial charge in [-0.3, -0.25) is 4.55 Å². The fourth-order valence-corrected chi connectivity index (χ4v) is 4.35. The van der Waals surface area contributed by atoms with Crippen LogP contribution < -0.4 is 11.1 Å². The molecule has 2 aromatic rings. The molecule has 0 amide bonds. The van der Waals surface area contributed by atoms with Gasteiger partial charge in [0.25, 0.3) is 10.1 Å². The van der Waals surface area contributed by atoms with Crippen molar-refractivity contribution in [3.63, 3.8) is 0 Å². The second-order valence-corrected chi connectivity index (χ2v) is 9.37. The van der Waals surface area contributed by atoms with Crippen LogP contribution in [0.15, 0.2) is 82.0 Å². The molecule has 0 aromatic heterocycles. The van der Waals surface area contributed by atoms with Gasteiger partial charge in [-0.1, -0.05) is 48.0 Å². The zero-order valence-electron chi connectivity index (χ0n) is 24.9. The SMILES string of the molecule is O=S(=O)(O)c1ccccc1.[2H]C([2H])(N)C([2H])([2H])OCC1=C(C(=O)OCC)C(c2ccccc2Cl)C(C(=O)OC)=C(C)N1. The zero-order chi connectivity index (χ0) is 31.9. The standard InChI is InChI=1S/C20H25ClN2O5.C6H6O3S/c1-4-28-20(25)18-15(11-27-10-9-22)23-12(2)16(19(24)26-3)17(18)13-7-5-6-8-14(13)21;7-10(8,9)6-4-2-1-3-5-6/h5-8,17,23H,4,9-11,22H2,1-3H3;1-5H,(H,7,8,9)/i9D2,10D2;. The number of nitrogens with two attached hydrogens (primary N) is 1. The van der Waals surface area contributed by atoms with Gasteiger partial charge < -0.3 is 25.3 Å². The van der Waals surface area contributed by atoms with Crippen molar-refractivity contribution in [1.29, 1.82) is 0 Å². The van der Waals surface area contributed by atoms with Crippen LogP contribution in [0.1, 0.15) is 30.8 Å². The fourth-order valence-electron chi connectivity index (χ4n) is 3.60. The van der Waals surface area contributed by atoms with Crippen LogP contribution in [0.3, 0.4) is 0 Å². The van der Waals surface area contributed by atoms with Gasteiger partial charge in [-0.15, -0.1) is 0 Å². The molecular weight excluding hydrogens is 536 g/mol. The molecule has 0 radical (unpaired) electrons. The second kappa shape index (κ2) is 14.6. The summed E-state index contributed by atoms with van der Waals surface area (Å²) in [5.74, 6) is -2.49. The van der Waals surface area contributed by atoms with E-state index >= 15 is 0 Å². The first-order valence-corrected chi connectivity index (χ1v) is 12.9. The van der Waals surface area contributed by atoms with E-state index in [2.05, 4.69) is 5.32 Å². The van der Waals surface area contributed by atoms with E-state index in [9.17, 15) is 18.0 Å². The largest absolute Gasteiger partial charge is 0.466 e. The zero-order valence-corrected chi connectivity index (χ0v) is 22.4. The minimum absolute atomic E-state index is 0.0359. The van der Waals surface area contributed by atoms with E-state index in [4.69, 9.17) is 41.6 Å². The number of dihydropyridines is 1. The molecule has 2 aromatic carbocycles. The maximum atomic E-state index is 13.0. The van der Waals surface area contributed by atoms with Crippen LogP contribution in [0.5, 0.6) is 0 Å². The Balaban J connectivity index is 0.000000518. The van der Waals surface area contributed by atoms with Crippen molar-refractivity contribution in [2.45, 2.75) is 24.7 Å².